The zero-order valence-electron chi connectivity index (χ0n) is 10.4. The van der Waals surface area contributed by atoms with E-state index in [1.165, 1.54) is 5.56 Å². The summed E-state index contributed by atoms with van der Waals surface area (Å²) in [5.74, 6) is -0.0406. The molecular formula is C15H14N2O. The predicted octanol–water partition coefficient (Wildman–Crippen LogP) is 3.12. The van der Waals surface area contributed by atoms with Crippen molar-refractivity contribution in [3.05, 3.63) is 52.8 Å². The largest absolute Gasteiger partial charge is 0.359 e. The third-order valence-electron chi connectivity index (χ3n) is 3.31. The minimum atomic E-state index is -0.0406. The molecule has 1 amide bonds. The Bertz CT molecular complexity index is 645. The number of nitrogens with one attached hydrogen (secondary N) is 2. The molecular weight excluding hydrogens is 224 g/mol. The Labute approximate surface area is 106 Å². The molecule has 1 aliphatic rings. The van der Waals surface area contributed by atoms with Gasteiger partial charge in [0.05, 0.1) is 5.57 Å². The average Bonchev–Trinajstić information content (AvgIpc) is 2.82. The highest BCUT2D eigenvalue weighted by Gasteiger charge is 2.23. The molecule has 2 aromatic rings. The number of rotatable bonds is 1. The van der Waals surface area contributed by atoms with Crippen molar-refractivity contribution in [3.63, 3.8) is 0 Å². The Kier molecular flexibility index (Phi) is 2.33. The van der Waals surface area contributed by atoms with E-state index in [9.17, 15) is 4.79 Å². The molecule has 3 rings (SSSR count). The number of carbonyl (C=O) groups excluding carboxylic acids is 1. The van der Waals surface area contributed by atoms with E-state index in [2.05, 4.69) is 23.3 Å². The summed E-state index contributed by atoms with van der Waals surface area (Å²) in [6.07, 6.45) is 1.90. The molecule has 0 atom stereocenters. The first-order valence-corrected chi connectivity index (χ1v) is 5.94. The fraction of sp³-hybridized carbons (Fsp3) is 0.133. The molecule has 1 aromatic heterocycles. The van der Waals surface area contributed by atoms with Crippen LogP contribution in [0, 0.1) is 13.8 Å². The molecule has 18 heavy (non-hydrogen) atoms. The van der Waals surface area contributed by atoms with Gasteiger partial charge in [-0.05, 0) is 37.6 Å². The fourth-order valence-electron chi connectivity index (χ4n) is 2.21. The standard InChI is InChI=1S/C15H14N2O/c1-9-7-11(16-10(9)2)8-13-12-5-3-4-6-14(12)17-15(13)18/h3-8,16H,1-2H3,(H,17,18)/b13-8+. The van der Waals surface area contributed by atoms with Gasteiger partial charge in [0.2, 0.25) is 0 Å². The number of fused-ring (bicyclic) bond motifs is 1. The second-order valence-electron chi connectivity index (χ2n) is 4.59. The van der Waals surface area contributed by atoms with Gasteiger partial charge in [0.25, 0.3) is 5.91 Å². The molecule has 0 aliphatic carbocycles. The zero-order chi connectivity index (χ0) is 12.7. The number of H-pyrrole nitrogens is 1. The minimum absolute atomic E-state index is 0.0406. The molecule has 1 aromatic carbocycles. The van der Waals surface area contributed by atoms with Crippen LogP contribution in [0.3, 0.4) is 0 Å². The maximum atomic E-state index is 11.9. The summed E-state index contributed by atoms with van der Waals surface area (Å²) in [4.78, 5) is 15.2. The van der Waals surface area contributed by atoms with Gasteiger partial charge in [-0.25, -0.2) is 0 Å². The van der Waals surface area contributed by atoms with Crippen molar-refractivity contribution in [2.45, 2.75) is 13.8 Å². The molecule has 2 heterocycles. The average molecular weight is 238 g/mol. The molecule has 3 heteroatoms. The fourth-order valence-corrected chi connectivity index (χ4v) is 2.21. The number of aryl methyl sites for hydroxylation is 2. The van der Waals surface area contributed by atoms with Gasteiger partial charge in [0.15, 0.2) is 0 Å². The van der Waals surface area contributed by atoms with E-state index < -0.39 is 0 Å². The molecule has 3 nitrogen and oxygen atoms in total. The quantitative estimate of drug-likeness (QED) is 0.737. The lowest BCUT2D eigenvalue weighted by Gasteiger charge is -1.96. The van der Waals surface area contributed by atoms with E-state index in [4.69, 9.17) is 0 Å². The van der Waals surface area contributed by atoms with Gasteiger partial charge < -0.3 is 10.3 Å². The summed E-state index contributed by atoms with van der Waals surface area (Å²) >= 11 is 0. The van der Waals surface area contributed by atoms with Gasteiger partial charge in [0.1, 0.15) is 0 Å². The van der Waals surface area contributed by atoms with Crippen LogP contribution in [0.15, 0.2) is 30.3 Å². The highest BCUT2D eigenvalue weighted by molar-refractivity contribution is 6.34. The van der Waals surface area contributed by atoms with Crippen LogP contribution in [-0.4, -0.2) is 10.9 Å². The molecule has 1 aliphatic heterocycles. The topological polar surface area (TPSA) is 44.9 Å². The number of para-hydroxylation sites is 1. The van der Waals surface area contributed by atoms with Gasteiger partial charge in [0, 0.05) is 22.6 Å². The lowest BCUT2D eigenvalue weighted by atomic mass is 10.1. The van der Waals surface area contributed by atoms with Gasteiger partial charge in [-0.2, -0.15) is 0 Å². The molecule has 0 saturated carbocycles. The number of carbonyl (C=O) groups is 1. The normalized spacial score (nSPS) is 15.9. The van der Waals surface area contributed by atoms with Gasteiger partial charge in [-0.1, -0.05) is 18.2 Å². The van der Waals surface area contributed by atoms with E-state index in [-0.39, 0.29) is 5.91 Å². The Balaban J connectivity index is 2.09. The number of aromatic amines is 1. The molecule has 2 N–H and O–H groups in total. The Morgan fingerprint density at radius 1 is 1.17 bits per heavy atom. The van der Waals surface area contributed by atoms with E-state index in [0.29, 0.717) is 5.57 Å². The molecule has 0 fully saturated rings. The van der Waals surface area contributed by atoms with Crippen LogP contribution >= 0.6 is 0 Å². The van der Waals surface area contributed by atoms with E-state index in [0.717, 1.165) is 22.6 Å². The maximum Gasteiger partial charge on any atom is 0.256 e. The van der Waals surface area contributed by atoms with Crippen molar-refractivity contribution < 1.29 is 4.79 Å². The van der Waals surface area contributed by atoms with Crippen molar-refractivity contribution in [1.82, 2.24) is 4.98 Å². The first kappa shape index (κ1) is 10.8. The van der Waals surface area contributed by atoms with Crippen molar-refractivity contribution in [3.8, 4) is 0 Å². The number of hydrogen-bond donors (Lipinski definition) is 2. The molecule has 0 radical (unpaired) electrons. The first-order valence-electron chi connectivity index (χ1n) is 5.94. The molecule has 0 bridgehead atoms. The Hall–Kier alpha value is -2.29. The van der Waals surface area contributed by atoms with E-state index in [1.54, 1.807) is 0 Å². The van der Waals surface area contributed by atoms with Gasteiger partial charge in [-0.15, -0.1) is 0 Å². The first-order chi connectivity index (χ1) is 8.65. The number of amides is 1. The second kappa shape index (κ2) is 3.88. The Morgan fingerprint density at radius 3 is 2.67 bits per heavy atom. The van der Waals surface area contributed by atoms with Crippen LogP contribution in [-0.2, 0) is 4.79 Å². The number of anilines is 1. The SMILES string of the molecule is Cc1cc(/C=C2/C(=O)Nc3ccccc32)[nH]c1C. The third-order valence-corrected chi connectivity index (χ3v) is 3.31. The van der Waals surface area contributed by atoms with Crippen LogP contribution in [0.4, 0.5) is 5.69 Å². The smallest absolute Gasteiger partial charge is 0.256 e. The van der Waals surface area contributed by atoms with Crippen molar-refractivity contribution in [2.24, 2.45) is 0 Å². The van der Waals surface area contributed by atoms with Gasteiger partial charge >= 0.3 is 0 Å². The number of benzene rings is 1. The summed E-state index contributed by atoms with van der Waals surface area (Å²) in [5.41, 5.74) is 5.86. The highest BCUT2D eigenvalue weighted by Crippen LogP contribution is 2.32. The van der Waals surface area contributed by atoms with Crippen LogP contribution in [0.1, 0.15) is 22.5 Å². The monoisotopic (exact) mass is 238 g/mol. The summed E-state index contributed by atoms with van der Waals surface area (Å²) in [6.45, 7) is 4.08. The summed E-state index contributed by atoms with van der Waals surface area (Å²) < 4.78 is 0. The lowest BCUT2D eigenvalue weighted by Crippen LogP contribution is -2.03. The van der Waals surface area contributed by atoms with Crippen molar-refractivity contribution in [1.29, 1.82) is 0 Å². The van der Waals surface area contributed by atoms with E-state index >= 15 is 0 Å². The van der Waals surface area contributed by atoms with Crippen LogP contribution < -0.4 is 5.32 Å². The number of hydrogen-bond acceptors (Lipinski definition) is 1. The maximum absolute atomic E-state index is 11.9. The molecule has 0 saturated heterocycles. The van der Waals surface area contributed by atoms with Crippen LogP contribution in [0.2, 0.25) is 0 Å². The zero-order valence-corrected chi connectivity index (χ0v) is 10.4. The third kappa shape index (κ3) is 1.64. The molecule has 0 spiro atoms. The molecule has 90 valence electrons. The summed E-state index contributed by atoms with van der Waals surface area (Å²) in [5, 5.41) is 2.87. The lowest BCUT2D eigenvalue weighted by molar-refractivity contribution is -0.110. The van der Waals surface area contributed by atoms with Crippen molar-refractivity contribution in [2.75, 3.05) is 5.32 Å². The van der Waals surface area contributed by atoms with Crippen LogP contribution in [0.5, 0.6) is 0 Å². The van der Waals surface area contributed by atoms with Crippen LogP contribution in [0.25, 0.3) is 11.6 Å². The van der Waals surface area contributed by atoms with Crippen molar-refractivity contribution >= 4 is 23.2 Å². The summed E-state index contributed by atoms with van der Waals surface area (Å²) in [6, 6.07) is 9.79. The summed E-state index contributed by atoms with van der Waals surface area (Å²) in [7, 11) is 0. The predicted molar refractivity (Wildman–Crippen MR) is 73.2 cm³/mol. The Morgan fingerprint density at radius 2 is 1.94 bits per heavy atom. The number of aromatic nitrogens is 1. The van der Waals surface area contributed by atoms with Gasteiger partial charge in [-0.3, -0.25) is 4.79 Å². The second-order valence-corrected chi connectivity index (χ2v) is 4.59. The minimum Gasteiger partial charge on any atom is -0.359 e. The highest BCUT2D eigenvalue weighted by atomic mass is 16.2. The molecule has 0 unspecified atom stereocenters. The van der Waals surface area contributed by atoms with E-state index in [1.807, 2.05) is 37.3 Å².